The molecule has 0 amide bonds. The number of nitrogens with one attached hydrogen (secondary N) is 1. The van der Waals surface area contributed by atoms with Gasteiger partial charge in [-0.3, -0.25) is 4.84 Å². The Morgan fingerprint density at radius 3 is 2.41 bits per heavy atom. The summed E-state index contributed by atoms with van der Waals surface area (Å²) in [5, 5.41) is 0. The minimum Gasteiger partial charge on any atom is -0.292 e. The highest BCUT2D eigenvalue weighted by molar-refractivity contribution is 5.11. The fourth-order valence-corrected chi connectivity index (χ4v) is 3.80. The van der Waals surface area contributed by atoms with Gasteiger partial charge >= 0.3 is 6.18 Å². The molecule has 3 unspecified atom stereocenters. The van der Waals surface area contributed by atoms with E-state index in [-0.39, 0.29) is 16.9 Å². The lowest BCUT2D eigenvalue weighted by Gasteiger charge is -2.42. The Morgan fingerprint density at radius 2 is 1.94 bits per heavy atom. The molecule has 2 bridgehead atoms. The first-order valence-electron chi connectivity index (χ1n) is 6.09. The summed E-state index contributed by atoms with van der Waals surface area (Å²) < 4.78 is 36.1. The van der Waals surface area contributed by atoms with Crippen LogP contribution >= 0.6 is 0 Å². The van der Waals surface area contributed by atoms with Gasteiger partial charge < -0.3 is 0 Å². The number of hydroxylamine groups is 1. The second-order valence-electron chi connectivity index (χ2n) is 6.37. The van der Waals surface area contributed by atoms with Gasteiger partial charge in [0.05, 0.1) is 0 Å². The molecule has 0 aliphatic heterocycles. The second kappa shape index (κ2) is 3.85. The number of hydrogen-bond acceptors (Lipinski definition) is 2. The molecule has 0 radical (unpaired) electrons. The summed E-state index contributed by atoms with van der Waals surface area (Å²) in [7, 11) is 0. The first-order valence-corrected chi connectivity index (χ1v) is 6.09. The largest absolute Gasteiger partial charge is 0.413 e. The number of hydrogen-bond donors (Lipinski definition) is 1. The summed E-state index contributed by atoms with van der Waals surface area (Å²) in [6, 6.07) is 0.0103. The summed E-state index contributed by atoms with van der Waals surface area (Å²) in [4.78, 5) is 4.66. The zero-order chi connectivity index (χ0) is 12.9. The van der Waals surface area contributed by atoms with Gasteiger partial charge in [0.2, 0.25) is 0 Å². The average Bonchev–Trinajstić information content (AvgIpc) is 2.60. The van der Waals surface area contributed by atoms with Crippen LogP contribution in [0, 0.1) is 16.7 Å². The second-order valence-corrected chi connectivity index (χ2v) is 6.37. The van der Waals surface area contributed by atoms with Crippen LogP contribution in [0.1, 0.15) is 40.0 Å². The molecule has 2 aliphatic carbocycles. The van der Waals surface area contributed by atoms with E-state index in [9.17, 15) is 13.2 Å². The third-order valence-corrected chi connectivity index (χ3v) is 4.71. The van der Waals surface area contributed by atoms with Crippen LogP contribution in [0.15, 0.2) is 0 Å². The fourth-order valence-electron chi connectivity index (χ4n) is 3.80. The van der Waals surface area contributed by atoms with Crippen LogP contribution in [0.25, 0.3) is 0 Å². The molecule has 0 aromatic carbocycles. The summed E-state index contributed by atoms with van der Waals surface area (Å²) in [5.74, 6) is 0.597. The lowest BCUT2D eigenvalue weighted by molar-refractivity contribution is -0.200. The molecular weight excluding hydrogens is 231 g/mol. The van der Waals surface area contributed by atoms with E-state index in [0.29, 0.717) is 5.92 Å². The molecule has 0 aromatic rings. The topological polar surface area (TPSA) is 21.3 Å². The Morgan fingerprint density at radius 1 is 1.29 bits per heavy atom. The maximum absolute atomic E-state index is 12.0. The molecule has 2 aliphatic rings. The zero-order valence-electron chi connectivity index (χ0n) is 10.5. The van der Waals surface area contributed by atoms with E-state index in [1.807, 2.05) is 0 Å². The fraction of sp³-hybridized carbons (Fsp3) is 1.00. The molecule has 0 saturated heterocycles. The van der Waals surface area contributed by atoms with Crippen molar-refractivity contribution in [3.05, 3.63) is 0 Å². The van der Waals surface area contributed by atoms with E-state index in [4.69, 9.17) is 0 Å². The molecule has 1 N–H and O–H groups in total. The van der Waals surface area contributed by atoms with E-state index >= 15 is 0 Å². The van der Waals surface area contributed by atoms with E-state index in [1.165, 1.54) is 6.42 Å². The van der Waals surface area contributed by atoms with Crippen LogP contribution < -0.4 is 5.48 Å². The van der Waals surface area contributed by atoms with Crippen LogP contribution in [0.5, 0.6) is 0 Å². The highest BCUT2D eigenvalue weighted by Crippen LogP contribution is 2.62. The molecule has 0 aromatic heterocycles. The Bertz CT molecular complexity index is 298. The summed E-state index contributed by atoms with van der Waals surface area (Å²) in [6.07, 6.45) is -0.919. The zero-order valence-corrected chi connectivity index (χ0v) is 10.5. The van der Waals surface area contributed by atoms with E-state index in [2.05, 4.69) is 31.1 Å². The number of halogens is 3. The normalized spacial score (nSPS) is 39.9. The van der Waals surface area contributed by atoms with E-state index in [0.717, 1.165) is 12.8 Å². The van der Waals surface area contributed by atoms with Crippen molar-refractivity contribution in [3.8, 4) is 0 Å². The van der Waals surface area contributed by atoms with Gasteiger partial charge in [0.25, 0.3) is 0 Å². The lowest BCUT2D eigenvalue weighted by Crippen LogP contribution is -2.50. The molecule has 3 atom stereocenters. The van der Waals surface area contributed by atoms with Crippen molar-refractivity contribution in [3.63, 3.8) is 0 Å². The summed E-state index contributed by atoms with van der Waals surface area (Å²) in [6.45, 7) is 5.17. The monoisotopic (exact) mass is 251 g/mol. The lowest BCUT2D eigenvalue weighted by atomic mass is 9.69. The molecule has 2 nitrogen and oxygen atoms in total. The predicted molar refractivity (Wildman–Crippen MR) is 58.2 cm³/mol. The molecule has 17 heavy (non-hydrogen) atoms. The first kappa shape index (κ1) is 13.1. The van der Waals surface area contributed by atoms with Gasteiger partial charge in [-0.25, -0.2) is 0 Å². The quantitative estimate of drug-likeness (QED) is 0.777. The number of fused-ring (bicyclic) bond motifs is 2. The van der Waals surface area contributed by atoms with E-state index < -0.39 is 12.8 Å². The smallest absolute Gasteiger partial charge is 0.292 e. The van der Waals surface area contributed by atoms with Crippen molar-refractivity contribution in [2.75, 3.05) is 6.61 Å². The van der Waals surface area contributed by atoms with Gasteiger partial charge in [-0.05, 0) is 36.0 Å². The van der Waals surface area contributed by atoms with Crippen molar-refractivity contribution in [1.82, 2.24) is 5.48 Å². The molecule has 2 saturated carbocycles. The predicted octanol–water partition coefficient (Wildman–Crippen LogP) is 3.28. The summed E-state index contributed by atoms with van der Waals surface area (Å²) >= 11 is 0. The van der Waals surface area contributed by atoms with Crippen molar-refractivity contribution >= 4 is 0 Å². The highest BCUT2D eigenvalue weighted by atomic mass is 19.4. The Hall–Kier alpha value is -0.290. The average molecular weight is 251 g/mol. The number of alkyl halides is 3. The van der Waals surface area contributed by atoms with Crippen molar-refractivity contribution in [2.24, 2.45) is 16.7 Å². The molecule has 0 heterocycles. The standard InChI is InChI=1S/C12H20F3NO/c1-10(2)8-4-5-11(3,6-8)9(10)16-17-7-12(13,14)15/h8-9,16H,4-7H2,1-3H3. The minimum absolute atomic E-state index is 0.0103. The third-order valence-electron chi connectivity index (χ3n) is 4.71. The Labute approximate surface area is 99.9 Å². The maximum Gasteiger partial charge on any atom is 0.413 e. The van der Waals surface area contributed by atoms with Crippen LogP contribution in [-0.2, 0) is 4.84 Å². The molecule has 0 spiro atoms. The molecule has 100 valence electrons. The molecule has 5 heteroatoms. The number of rotatable bonds is 3. The molecule has 2 rings (SSSR count). The Balaban J connectivity index is 1.96. The van der Waals surface area contributed by atoms with Gasteiger partial charge in [0, 0.05) is 6.04 Å². The van der Waals surface area contributed by atoms with Crippen molar-refractivity contribution in [2.45, 2.75) is 52.3 Å². The van der Waals surface area contributed by atoms with Crippen LogP contribution in [-0.4, -0.2) is 18.8 Å². The van der Waals surface area contributed by atoms with E-state index in [1.54, 1.807) is 0 Å². The van der Waals surface area contributed by atoms with Gasteiger partial charge in [-0.15, -0.1) is 0 Å². The molecular formula is C12H20F3NO. The maximum atomic E-state index is 12.0. The van der Waals surface area contributed by atoms with Gasteiger partial charge in [-0.1, -0.05) is 20.8 Å². The van der Waals surface area contributed by atoms with Crippen LogP contribution in [0.2, 0.25) is 0 Å². The Kier molecular flexibility index (Phi) is 2.98. The SMILES string of the molecule is CC12CCC(C1)C(C)(C)C2NOCC(F)(F)F. The third kappa shape index (κ3) is 2.32. The summed E-state index contributed by atoms with van der Waals surface area (Å²) in [5.41, 5.74) is 2.78. The first-order chi connectivity index (χ1) is 7.65. The van der Waals surface area contributed by atoms with Crippen LogP contribution in [0.4, 0.5) is 13.2 Å². The van der Waals surface area contributed by atoms with Gasteiger partial charge in [0.1, 0.15) is 0 Å². The van der Waals surface area contributed by atoms with Gasteiger partial charge in [-0.2, -0.15) is 18.7 Å². The van der Waals surface area contributed by atoms with Crippen LogP contribution in [0.3, 0.4) is 0 Å². The van der Waals surface area contributed by atoms with Crippen molar-refractivity contribution < 1.29 is 18.0 Å². The van der Waals surface area contributed by atoms with Gasteiger partial charge in [0.15, 0.2) is 6.61 Å². The highest BCUT2D eigenvalue weighted by Gasteiger charge is 2.59. The van der Waals surface area contributed by atoms with Crippen molar-refractivity contribution in [1.29, 1.82) is 0 Å². The minimum atomic E-state index is -4.27. The molecule has 2 fully saturated rings.